The number of halogens is 3. The normalized spacial score (nSPS) is 11.0. The van der Waals surface area contributed by atoms with E-state index in [0.29, 0.717) is 30.1 Å². The zero-order valence-corrected chi connectivity index (χ0v) is 16.6. The largest absolute Gasteiger partial charge is 0.493 e. The van der Waals surface area contributed by atoms with Crippen LogP contribution >= 0.6 is 0 Å². The van der Waals surface area contributed by atoms with Gasteiger partial charge in [-0.25, -0.2) is 0 Å². The molecule has 0 heterocycles. The number of carbonyl (C=O) groups excluding carboxylic acids is 2. The Hall–Kier alpha value is -3.23. The lowest BCUT2D eigenvalue weighted by molar-refractivity contribution is -0.167. The van der Waals surface area contributed by atoms with Gasteiger partial charge in [-0.2, -0.15) is 13.2 Å². The van der Waals surface area contributed by atoms with E-state index in [1.54, 1.807) is 24.6 Å². The minimum atomic E-state index is -4.96. The maximum absolute atomic E-state index is 12.3. The number of amides is 2. The summed E-state index contributed by atoms with van der Waals surface area (Å²) in [4.78, 5) is 23.1. The van der Waals surface area contributed by atoms with Crippen LogP contribution in [0.2, 0.25) is 0 Å². The topological polar surface area (TPSA) is 76.7 Å². The van der Waals surface area contributed by atoms with E-state index in [0.717, 1.165) is 5.56 Å². The number of alkyl halides is 3. The summed E-state index contributed by atoms with van der Waals surface area (Å²) in [7, 11) is 1.54. The molecular formula is C21H23F3N2O4. The smallest absolute Gasteiger partial charge is 0.471 e. The number of carbonyl (C=O) groups is 2. The molecule has 0 aliphatic carbocycles. The quantitative estimate of drug-likeness (QED) is 0.641. The molecule has 0 aromatic heterocycles. The fraction of sp³-hybridized carbons (Fsp3) is 0.333. The van der Waals surface area contributed by atoms with Gasteiger partial charge in [0, 0.05) is 18.7 Å². The molecule has 2 aromatic rings. The molecule has 6 nitrogen and oxygen atoms in total. The molecule has 2 rings (SSSR count). The monoisotopic (exact) mass is 424 g/mol. The molecule has 2 amide bonds. The summed E-state index contributed by atoms with van der Waals surface area (Å²) in [5.41, 5.74) is 1.47. The van der Waals surface area contributed by atoms with Crippen LogP contribution in [0.1, 0.15) is 24.5 Å². The maximum atomic E-state index is 12.3. The Balaban J connectivity index is 1.86. The van der Waals surface area contributed by atoms with Crippen molar-refractivity contribution in [2.24, 2.45) is 0 Å². The third-order valence-electron chi connectivity index (χ3n) is 4.10. The van der Waals surface area contributed by atoms with Crippen molar-refractivity contribution in [2.75, 3.05) is 19.0 Å². The predicted octanol–water partition coefficient (Wildman–Crippen LogP) is 3.84. The van der Waals surface area contributed by atoms with Crippen molar-refractivity contribution in [3.05, 3.63) is 53.6 Å². The van der Waals surface area contributed by atoms with Crippen LogP contribution in [0.25, 0.3) is 0 Å². The Kier molecular flexibility index (Phi) is 8.08. The molecule has 162 valence electrons. The van der Waals surface area contributed by atoms with E-state index >= 15 is 0 Å². The first-order valence-corrected chi connectivity index (χ1v) is 9.26. The Bertz CT molecular complexity index is 885. The lowest BCUT2D eigenvalue weighted by atomic mass is 10.1. The van der Waals surface area contributed by atoms with Gasteiger partial charge in [-0.3, -0.25) is 9.59 Å². The molecule has 0 aliphatic heterocycles. The van der Waals surface area contributed by atoms with Crippen LogP contribution in [0.4, 0.5) is 18.9 Å². The first kappa shape index (κ1) is 23.1. The summed E-state index contributed by atoms with van der Waals surface area (Å²) in [6.07, 6.45) is -4.26. The molecule has 30 heavy (non-hydrogen) atoms. The molecule has 0 aliphatic rings. The second-order valence-corrected chi connectivity index (χ2v) is 6.35. The zero-order chi connectivity index (χ0) is 22.1. The number of ether oxygens (including phenoxy) is 2. The van der Waals surface area contributed by atoms with E-state index in [2.05, 4.69) is 5.32 Å². The van der Waals surface area contributed by atoms with Gasteiger partial charge in [0.05, 0.1) is 13.7 Å². The van der Waals surface area contributed by atoms with Crippen molar-refractivity contribution in [3.63, 3.8) is 0 Å². The molecule has 0 saturated heterocycles. The van der Waals surface area contributed by atoms with Crippen LogP contribution in [0.5, 0.6) is 11.5 Å². The van der Waals surface area contributed by atoms with E-state index in [-0.39, 0.29) is 24.6 Å². The summed E-state index contributed by atoms with van der Waals surface area (Å²) in [6, 6.07) is 11.3. The molecule has 2 aromatic carbocycles. The second-order valence-electron chi connectivity index (χ2n) is 6.35. The molecule has 2 N–H and O–H groups in total. The number of benzene rings is 2. The third-order valence-corrected chi connectivity index (χ3v) is 4.10. The first-order chi connectivity index (χ1) is 14.2. The van der Waals surface area contributed by atoms with Gasteiger partial charge >= 0.3 is 12.1 Å². The van der Waals surface area contributed by atoms with Gasteiger partial charge in [0.1, 0.15) is 0 Å². The molecule has 0 unspecified atom stereocenters. The molecule has 0 fully saturated rings. The highest BCUT2D eigenvalue weighted by Crippen LogP contribution is 2.28. The summed E-state index contributed by atoms with van der Waals surface area (Å²) < 4.78 is 47.8. The number of methoxy groups -OCH3 is 1. The van der Waals surface area contributed by atoms with Gasteiger partial charge in [-0.1, -0.05) is 18.2 Å². The molecule has 0 radical (unpaired) electrons. The summed E-state index contributed by atoms with van der Waals surface area (Å²) in [6.45, 7) is 2.51. The number of aryl methyl sites for hydroxylation is 1. The maximum Gasteiger partial charge on any atom is 0.471 e. The van der Waals surface area contributed by atoms with Crippen LogP contribution < -0.4 is 20.1 Å². The lowest BCUT2D eigenvalue weighted by Gasteiger charge is -2.11. The minimum absolute atomic E-state index is 0.00515. The highest BCUT2D eigenvalue weighted by molar-refractivity contribution is 5.94. The summed E-state index contributed by atoms with van der Waals surface area (Å²) in [5, 5.41) is 4.49. The van der Waals surface area contributed by atoms with E-state index in [1.165, 1.54) is 18.2 Å². The lowest BCUT2D eigenvalue weighted by Crippen LogP contribution is -2.30. The van der Waals surface area contributed by atoms with Crippen LogP contribution in [-0.4, -0.2) is 31.7 Å². The number of nitrogens with one attached hydrogen (secondary N) is 2. The molecule has 9 heteroatoms. The fourth-order valence-electron chi connectivity index (χ4n) is 2.65. The summed E-state index contributed by atoms with van der Waals surface area (Å²) in [5.74, 6) is -1.04. The molecule has 0 saturated carbocycles. The number of anilines is 1. The second kappa shape index (κ2) is 10.5. The Morgan fingerprint density at radius 2 is 1.80 bits per heavy atom. The van der Waals surface area contributed by atoms with Gasteiger partial charge in [0.25, 0.3) is 0 Å². The van der Waals surface area contributed by atoms with Crippen molar-refractivity contribution < 1.29 is 32.2 Å². The van der Waals surface area contributed by atoms with Gasteiger partial charge < -0.3 is 20.1 Å². The Morgan fingerprint density at radius 1 is 1.03 bits per heavy atom. The van der Waals surface area contributed by atoms with E-state index in [9.17, 15) is 22.8 Å². The molecule has 0 spiro atoms. The van der Waals surface area contributed by atoms with E-state index in [1.807, 2.05) is 19.1 Å². The van der Waals surface area contributed by atoms with Crippen molar-refractivity contribution in [2.45, 2.75) is 32.5 Å². The van der Waals surface area contributed by atoms with Gasteiger partial charge in [-0.15, -0.1) is 0 Å². The molecule has 0 bridgehead atoms. The van der Waals surface area contributed by atoms with Crippen molar-refractivity contribution in [1.29, 1.82) is 0 Å². The number of hydrogen-bond donors (Lipinski definition) is 2. The molecule has 0 atom stereocenters. The van der Waals surface area contributed by atoms with Crippen LogP contribution in [0.15, 0.2) is 42.5 Å². The number of hydrogen-bond acceptors (Lipinski definition) is 4. The predicted molar refractivity (Wildman–Crippen MR) is 105 cm³/mol. The molecular weight excluding hydrogens is 401 g/mol. The minimum Gasteiger partial charge on any atom is -0.493 e. The Morgan fingerprint density at radius 3 is 2.47 bits per heavy atom. The number of rotatable bonds is 9. The van der Waals surface area contributed by atoms with Gasteiger partial charge in [0.2, 0.25) is 5.91 Å². The van der Waals surface area contributed by atoms with Crippen molar-refractivity contribution in [3.8, 4) is 11.5 Å². The summed E-state index contributed by atoms with van der Waals surface area (Å²) >= 11 is 0. The SMILES string of the molecule is CCOc1ccc(CCC(=O)NCc2cccc(NC(=O)C(F)(F)F)c2)cc1OC. The van der Waals surface area contributed by atoms with E-state index < -0.39 is 12.1 Å². The highest BCUT2D eigenvalue weighted by atomic mass is 19.4. The highest BCUT2D eigenvalue weighted by Gasteiger charge is 2.38. The van der Waals surface area contributed by atoms with Crippen LogP contribution in [0, 0.1) is 0 Å². The zero-order valence-electron chi connectivity index (χ0n) is 16.6. The van der Waals surface area contributed by atoms with Crippen molar-refractivity contribution >= 4 is 17.5 Å². The van der Waals surface area contributed by atoms with E-state index in [4.69, 9.17) is 9.47 Å². The standard InChI is InChI=1S/C21H23F3N2O4/c1-3-30-17-9-7-14(12-18(17)29-2)8-10-19(27)25-13-15-5-4-6-16(11-15)26-20(28)21(22,23)24/h4-7,9,11-12H,3,8,10,13H2,1-2H3,(H,25,27)(H,26,28). The average molecular weight is 424 g/mol. The Labute approximate surface area is 172 Å². The fourth-order valence-corrected chi connectivity index (χ4v) is 2.65. The van der Waals surface area contributed by atoms with Gasteiger partial charge in [0.15, 0.2) is 11.5 Å². The first-order valence-electron chi connectivity index (χ1n) is 9.26. The average Bonchev–Trinajstić information content (AvgIpc) is 2.71. The van der Waals surface area contributed by atoms with Crippen molar-refractivity contribution in [1.82, 2.24) is 5.32 Å². The van der Waals surface area contributed by atoms with Gasteiger partial charge in [-0.05, 0) is 48.7 Å². The third kappa shape index (κ3) is 6.98. The van der Waals surface area contributed by atoms with Crippen LogP contribution in [-0.2, 0) is 22.6 Å². The van der Waals surface area contributed by atoms with Crippen LogP contribution in [0.3, 0.4) is 0 Å².